The molecule has 1 saturated heterocycles. The smallest absolute Gasteiger partial charge is 0.330 e. The van der Waals surface area contributed by atoms with Gasteiger partial charge in [-0.15, -0.1) is 5.06 Å². The van der Waals surface area contributed by atoms with E-state index in [1.54, 1.807) is 5.06 Å². The lowest BCUT2D eigenvalue weighted by Crippen LogP contribution is -2.46. The zero-order valence-corrected chi connectivity index (χ0v) is 25.9. The van der Waals surface area contributed by atoms with Crippen LogP contribution in [0.25, 0.3) is 21.5 Å². The Kier molecular flexibility index (Phi) is 9.08. The maximum absolute atomic E-state index is 12.7. The number of carbonyl (C=O) groups is 1. The van der Waals surface area contributed by atoms with E-state index in [2.05, 4.69) is 109 Å². The predicted molar refractivity (Wildman–Crippen MR) is 176 cm³/mol. The Morgan fingerprint density at radius 2 is 1.25 bits per heavy atom. The molecule has 0 bridgehead atoms. The van der Waals surface area contributed by atoms with Gasteiger partial charge in [0.1, 0.15) is 0 Å². The molecule has 0 radical (unpaired) electrons. The van der Waals surface area contributed by atoms with Crippen LogP contribution in [0.2, 0.25) is 0 Å². The van der Waals surface area contributed by atoms with Gasteiger partial charge >= 0.3 is 5.97 Å². The van der Waals surface area contributed by atoms with Crippen molar-refractivity contribution in [3.05, 3.63) is 131 Å². The lowest BCUT2D eigenvalue weighted by molar-refractivity contribution is -0.216. The summed E-state index contributed by atoms with van der Waals surface area (Å²) in [6, 6.07) is 38.4. The Hall–Kier alpha value is -4.03. The molecule has 0 N–H and O–H groups in total. The van der Waals surface area contributed by atoms with Crippen molar-refractivity contribution in [2.24, 2.45) is 5.41 Å². The fraction of sp³-hybridized carbons (Fsp3) is 0.308. The van der Waals surface area contributed by atoms with Gasteiger partial charge in [0.05, 0.1) is 37.9 Å². The number of nitrogens with zero attached hydrogens (tertiary/aromatic N) is 1. The number of piperidine rings is 1. The van der Waals surface area contributed by atoms with Crippen LogP contribution in [-0.2, 0) is 38.9 Å². The number of hydrogen-bond donors (Lipinski definition) is 0. The van der Waals surface area contributed by atoms with Gasteiger partial charge in [-0.05, 0) is 83.1 Å². The van der Waals surface area contributed by atoms with E-state index >= 15 is 0 Å². The molecule has 5 heteroatoms. The molecule has 2 unspecified atom stereocenters. The van der Waals surface area contributed by atoms with Crippen LogP contribution in [0.3, 0.4) is 0 Å². The van der Waals surface area contributed by atoms with E-state index in [-0.39, 0.29) is 18.0 Å². The van der Waals surface area contributed by atoms with Crippen LogP contribution in [0, 0.1) is 5.41 Å². The van der Waals surface area contributed by atoms with Gasteiger partial charge in [0.2, 0.25) is 0 Å². The van der Waals surface area contributed by atoms with Crippen molar-refractivity contribution in [2.75, 3.05) is 13.1 Å². The Balaban J connectivity index is 1.11. The summed E-state index contributed by atoms with van der Waals surface area (Å²) in [5.74, 6) is -0.0371. The minimum Gasteiger partial charge on any atom is -0.372 e. The molecular weight excluding hydrogens is 546 g/mol. The molecule has 0 aromatic heterocycles. The van der Waals surface area contributed by atoms with Crippen LogP contribution < -0.4 is 0 Å². The predicted octanol–water partition coefficient (Wildman–Crippen LogP) is 8.59. The van der Waals surface area contributed by atoms with Gasteiger partial charge in [0.15, 0.2) is 0 Å². The van der Waals surface area contributed by atoms with Crippen LogP contribution in [0.15, 0.2) is 109 Å². The first kappa shape index (κ1) is 30.0. The number of hydroxylamine groups is 2. The topological polar surface area (TPSA) is 48.0 Å². The summed E-state index contributed by atoms with van der Waals surface area (Å²) in [4.78, 5) is 18.5. The summed E-state index contributed by atoms with van der Waals surface area (Å²) < 4.78 is 12.7. The number of fused-ring (bicyclic) bond motifs is 2. The molecule has 5 aromatic rings. The maximum Gasteiger partial charge on any atom is 0.330 e. The normalized spacial score (nSPS) is 17.6. The Labute approximate surface area is 260 Å². The number of rotatable bonds is 9. The molecule has 5 nitrogen and oxygen atoms in total. The fourth-order valence-electron chi connectivity index (χ4n) is 5.78. The van der Waals surface area contributed by atoms with Crippen LogP contribution in [0.4, 0.5) is 0 Å². The third-order valence-electron chi connectivity index (χ3n) is 8.38. The highest BCUT2D eigenvalue weighted by Gasteiger charge is 2.35. The van der Waals surface area contributed by atoms with E-state index in [0.29, 0.717) is 32.9 Å². The molecule has 6 rings (SSSR count). The summed E-state index contributed by atoms with van der Waals surface area (Å²) in [5.41, 5.74) is 4.11. The molecule has 1 fully saturated rings. The first-order valence-corrected chi connectivity index (χ1v) is 15.5. The van der Waals surface area contributed by atoms with Crippen molar-refractivity contribution in [1.82, 2.24) is 5.06 Å². The van der Waals surface area contributed by atoms with Crippen LogP contribution in [-0.4, -0.2) is 30.2 Å². The highest BCUT2D eigenvalue weighted by atomic mass is 16.7. The number of carbonyl (C=O) groups excluding carboxylic acids is 1. The third kappa shape index (κ3) is 7.36. The van der Waals surface area contributed by atoms with Crippen LogP contribution in [0.1, 0.15) is 55.4 Å². The molecule has 2 atom stereocenters. The van der Waals surface area contributed by atoms with Crippen molar-refractivity contribution in [1.29, 1.82) is 0 Å². The monoisotopic (exact) mass is 587 g/mol. The highest BCUT2D eigenvalue weighted by molar-refractivity contribution is 5.83. The second-order valence-electron chi connectivity index (χ2n) is 12.9. The molecule has 0 saturated carbocycles. The van der Waals surface area contributed by atoms with Crippen LogP contribution >= 0.6 is 0 Å². The van der Waals surface area contributed by atoms with Gasteiger partial charge in [-0.3, -0.25) is 0 Å². The highest BCUT2D eigenvalue weighted by Crippen LogP contribution is 2.32. The molecule has 1 aliphatic heterocycles. The SMILES string of the molecule is CC(C)(C)C(=O)ON1CCC(c2ccc(COCc3ccc4ccccc4c3)cc2)C(OCc2ccc3ccccc3c2)C1. The van der Waals surface area contributed by atoms with Crippen molar-refractivity contribution in [3.63, 3.8) is 0 Å². The average molecular weight is 588 g/mol. The first-order chi connectivity index (χ1) is 21.3. The third-order valence-corrected chi connectivity index (χ3v) is 8.38. The number of hydrogen-bond acceptors (Lipinski definition) is 5. The Morgan fingerprint density at radius 3 is 1.86 bits per heavy atom. The molecule has 1 aliphatic rings. The number of benzene rings is 5. The largest absolute Gasteiger partial charge is 0.372 e. The van der Waals surface area contributed by atoms with Crippen molar-refractivity contribution in [3.8, 4) is 0 Å². The quantitative estimate of drug-likeness (QED) is 0.173. The summed E-state index contributed by atoms with van der Waals surface area (Å²) in [6.07, 6.45) is 0.704. The van der Waals surface area contributed by atoms with Crippen LogP contribution in [0.5, 0.6) is 0 Å². The molecule has 0 spiro atoms. The van der Waals surface area contributed by atoms with E-state index in [9.17, 15) is 4.79 Å². The zero-order chi connectivity index (χ0) is 30.5. The van der Waals surface area contributed by atoms with Gasteiger partial charge < -0.3 is 14.3 Å². The minimum atomic E-state index is -0.565. The van der Waals surface area contributed by atoms with Gasteiger partial charge in [0, 0.05) is 12.5 Å². The molecule has 226 valence electrons. The van der Waals surface area contributed by atoms with E-state index in [4.69, 9.17) is 14.3 Å². The second kappa shape index (κ2) is 13.3. The minimum absolute atomic E-state index is 0.127. The standard InChI is InChI=1S/C39H41NO4/c1-39(2,3)38(41)44-40-21-20-36(37(24-40)43-27-30-15-17-32-9-5-7-11-35(32)23-30)33-18-12-28(13-19-33)25-42-26-29-14-16-31-8-4-6-10-34(31)22-29/h4-19,22-23,36-37H,20-21,24-27H2,1-3H3. The van der Waals surface area contributed by atoms with E-state index in [1.807, 2.05) is 20.8 Å². The van der Waals surface area contributed by atoms with Crippen molar-refractivity contribution >= 4 is 27.5 Å². The summed E-state index contributed by atoms with van der Waals surface area (Å²) >= 11 is 0. The summed E-state index contributed by atoms with van der Waals surface area (Å²) in [7, 11) is 0. The average Bonchev–Trinajstić information content (AvgIpc) is 3.03. The van der Waals surface area contributed by atoms with E-state index in [0.717, 1.165) is 17.5 Å². The first-order valence-electron chi connectivity index (χ1n) is 15.5. The van der Waals surface area contributed by atoms with Crippen molar-refractivity contribution in [2.45, 2.75) is 59.0 Å². The van der Waals surface area contributed by atoms with Gasteiger partial charge in [-0.1, -0.05) is 97.1 Å². The molecule has 0 amide bonds. The summed E-state index contributed by atoms with van der Waals surface area (Å²) in [5, 5.41) is 6.67. The van der Waals surface area contributed by atoms with Gasteiger partial charge in [-0.2, -0.15) is 0 Å². The van der Waals surface area contributed by atoms with Gasteiger partial charge in [0.25, 0.3) is 0 Å². The molecular formula is C39H41NO4. The fourth-order valence-corrected chi connectivity index (χ4v) is 5.78. The maximum atomic E-state index is 12.7. The molecule has 5 aromatic carbocycles. The molecule has 1 heterocycles. The lowest BCUT2D eigenvalue weighted by Gasteiger charge is -2.38. The Bertz CT molecular complexity index is 1720. The zero-order valence-electron chi connectivity index (χ0n) is 25.9. The second-order valence-corrected chi connectivity index (χ2v) is 12.9. The van der Waals surface area contributed by atoms with E-state index < -0.39 is 5.41 Å². The molecule has 44 heavy (non-hydrogen) atoms. The number of ether oxygens (including phenoxy) is 2. The lowest BCUT2D eigenvalue weighted by atomic mass is 9.87. The van der Waals surface area contributed by atoms with Crippen molar-refractivity contribution < 1.29 is 19.1 Å². The summed E-state index contributed by atoms with van der Waals surface area (Å²) in [6.45, 7) is 8.44. The van der Waals surface area contributed by atoms with E-state index in [1.165, 1.54) is 32.7 Å². The Morgan fingerprint density at radius 1 is 0.705 bits per heavy atom. The molecule has 0 aliphatic carbocycles. The van der Waals surface area contributed by atoms with Gasteiger partial charge in [-0.25, -0.2) is 4.79 Å².